The highest BCUT2D eigenvalue weighted by atomic mass is 35.5. The van der Waals surface area contributed by atoms with Gasteiger partial charge in [-0.1, -0.05) is 44.0 Å². The van der Waals surface area contributed by atoms with Crippen molar-refractivity contribution in [2.75, 3.05) is 6.61 Å². The standard InChI is InChI=1S/C14H16Cl2N2O3/c1-5-20-11-7-10(8(15)6-9(11)16)18-13(19)21-12(17-18)14(2,3)4/h6-7H,5H2,1-4H3. The molecular weight excluding hydrogens is 315 g/mol. The maximum atomic E-state index is 12.0. The largest absolute Gasteiger partial charge is 0.492 e. The van der Waals surface area contributed by atoms with Crippen LogP contribution in [0.4, 0.5) is 0 Å². The fourth-order valence-corrected chi connectivity index (χ4v) is 2.20. The van der Waals surface area contributed by atoms with E-state index in [4.69, 9.17) is 32.4 Å². The fraction of sp³-hybridized carbons (Fsp3) is 0.429. The Hall–Kier alpha value is -1.46. The number of hydrogen-bond acceptors (Lipinski definition) is 4. The number of rotatable bonds is 3. The van der Waals surface area contributed by atoms with E-state index < -0.39 is 5.76 Å². The molecule has 0 saturated carbocycles. The molecule has 21 heavy (non-hydrogen) atoms. The van der Waals surface area contributed by atoms with E-state index in [1.165, 1.54) is 6.07 Å². The summed E-state index contributed by atoms with van der Waals surface area (Å²) in [6.45, 7) is 7.99. The fourth-order valence-electron chi connectivity index (χ4n) is 1.68. The third kappa shape index (κ3) is 3.24. The topological polar surface area (TPSA) is 57.3 Å². The van der Waals surface area contributed by atoms with Crippen molar-refractivity contribution < 1.29 is 9.15 Å². The van der Waals surface area contributed by atoms with Gasteiger partial charge in [0.05, 0.1) is 22.3 Å². The molecule has 7 heteroatoms. The van der Waals surface area contributed by atoms with Crippen molar-refractivity contribution >= 4 is 23.2 Å². The molecule has 0 radical (unpaired) electrons. The molecule has 0 N–H and O–H groups in total. The molecule has 1 aromatic carbocycles. The molecule has 0 aliphatic rings. The lowest BCUT2D eigenvalue weighted by Crippen LogP contribution is -2.15. The average Bonchev–Trinajstić information content (AvgIpc) is 2.75. The van der Waals surface area contributed by atoms with Crippen molar-refractivity contribution in [3.63, 3.8) is 0 Å². The summed E-state index contributed by atoms with van der Waals surface area (Å²) >= 11 is 12.2. The van der Waals surface area contributed by atoms with Crippen LogP contribution in [0.2, 0.25) is 10.0 Å². The monoisotopic (exact) mass is 330 g/mol. The molecule has 114 valence electrons. The van der Waals surface area contributed by atoms with Crippen LogP contribution in [-0.2, 0) is 5.41 Å². The third-order valence-corrected chi connectivity index (χ3v) is 3.32. The minimum atomic E-state index is -0.605. The van der Waals surface area contributed by atoms with E-state index in [-0.39, 0.29) is 5.41 Å². The molecule has 0 amide bonds. The van der Waals surface area contributed by atoms with Gasteiger partial charge in [-0.15, -0.1) is 5.10 Å². The van der Waals surface area contributed by atoms with Crippen LogP contribution in [-0.4, -0.2) is 16.4 Å². The molecule has 0 spiro atoms. The molecular formula is C14H16Cl2N2O3. The summed E-state index contributed by atoms with van der Waals surface area (Å²) in [5.74, 6) is 0.161. The van der Waals surface area contributed by atoms with Crippen LogP contribution in [0.1, 0.15) is 33.6 Å². The van der Waals surface area contributed by atoms with E-state index >= 15 is 0 Å². The molecule has 1 aromatic heterocycles. The molecule has 2 rings (SSSR count). The first kappa shape index (κ1) is 15.9. The quantitative estimate of drug-likeness (QED) is 0.858. The van der Waals surface area contributed by atoms with Crippen LogP contribution >= 0.6 is 23.2 Å². The van der Waals surface area contributed by atoms with Crippen molar-refractivity contribution in [3.8, 4) is 11.4 Å². The Balaban J connectivity index is 2.59. The maximum Gasteiger partial charge on any atom is 0.442 e. The van der Waals surface area contributed by atoms with Gasteiger partial charge in [0, 0.05) is 11.5 Å². The van der Waals surface area contributed by atoms with Crippen LogP contribution < -0.4 is 10.5 Å². The lowest BCUT2D eigenvalue weighted by molar-refractivity contribution is 0.340. The number of halogens is 2. The molecule has 1 heterocycles. The molecule has 0 fully saturated rings. The summed E-state index contributed by atoms with van der Waals surface area (Å²) in [6, 6.07) is 3.09. The molecule has 0 bridgehead atoms. The molecule has 0 aliphatic heterocycles. The van der Waals surface area contributed by atoms with Crippen LogP contribution in [0.25, 0.3) is 5.69 Å². The summed E-state index contributed by atoms with van der Waals surface area (Å²) in [4.78, 5) is 12.0. The van der Waals surface area contributed by atoms with E-state index in [2.05, 4.69) is 5.10 Å². The van der Waals surface area contributed by atoms with E-state index in [0.29, 0.717) is 34.0 Å². The zero-order valence-corrected chi connectivity index (χ0v) is 13.7. The lowest BCUT2D eigenvalue weighted by atomic mass is 9.97. The Morgan fingerprint density at radius 3 is 2.48 bits per heavy atom. The SMILES string of the molecule is CCOc1cc(-n2nc(C(C)(C)C)oc2=O)c(Cl)cc1Cl. The van der Waals surface area contributed by atoms with Crippen molar-refractivity contribution in [2.45, 2.75) is 33.1 Å². The second kappa shape index (κ2) is 5.73. The predicted octanol–water partition coefficient (Wildman–Crippen LogP) is 3.83. The highest BCUT2D eigenvalue weighted by Gasteiger charge is 2.24. The third-order valence-electron chi connectivity index (χ3n) is 2.72. The van der Waals surface area contributed by atoms with Gasteiger partial charge in [0.2, 0.25) is 5.89 Å². The van der Waals surface area contributed by atoms with Gasteiger partial charge >= 0.3 is 5.76 Å². The molecule has 0 unspecified atom stereocenters. The van der Waals surface area contributed by atoms with E-state index in [1.54, 1.807) is 6.07 Å². The first-order chi connectivity index (χ1) is 9.74. The Morgan fingerprint density at radius 2 is 1.95 bits per heavy atom. The molecule has 0 atom stereocenters. The average molecular weight is 331 g/mol. The molecule has 5 nitrogen and oxygen atoms in total. The van der Waals surface area contributed by atoms with Crippen molar-refractivity contribution in [3.05, 3.63) is 38.6 Å². The smallest absolute Gasteiger partial charge is 0.442 e. The molecule has 0 aliphatic carbocycles. The lowest BCUT2D eigenvalue weighted by Gasteiger charge is -2.11. The zero-order valence-electron chi connectivity index (χ0n) is 12.2. The van der Waals surface area contributed by atoms with Crippen LogP contribution in [0.3, 0.4) is 0 Å². The Kier molecular flexibility index (Phi) is 4.35. The minimum Gasteiger partial charge on any atom is -0.492 e. The van der Waals surface area contributed by atoms with Crippen LogP contribution in [0, 0.1) is 0 Å². The van der Waals surface area contributed by atoms with Gasteiger partial charge in [-0.3, -0.25) is 0 Å². The highest BCUT2D eigenvalue weighted by Crippen LogP contribution is 2.33. The van der Waals surface area contributed by atoms with E-state index in [9.17, 15) is 4.79 Å². The number of hydrogen-bond donors (Lipinski definition) is 0. The number of ether oxygens (including phenoxy) is 1. The Bertz CT molecular complexity index is 714. The molecule has 2 aromatic rings. The van der Waals surface area contributed by atoms with Gasteiger partial charge in [0.15, 0.2) is 0 Å². The maximum absolute atomic E-state index is 12.0. The summed E-state index contributed by atoms with van der Waals surface area (Å²) in [5.41, 5.74) is -0.0136. The van der Waals surface area contributed by atoms with Gasteiger partial charge in [-0.2, -0.15) is 4.68 Å². The van der Waals surface area contributed by atoms with Gasteiger partial charge in [0.25, 0.3) is 0 Å². The zero-order chi connectivity index (χ0) is 15.8. The van der Waals surface area contributed by atoms with Crippen LogP contribution in [0.15, 0.2) is 21.3 Å². The van der Waals surface area contributed by atoms with Gasteiger partial charge in [-0.25, -0.2) is 4.79 Å². The Labute approximate surface area is 132 Å². The number of aromatic nitrogens is 2. The van der Waals surface area contributed by atoms with Gasteiger partial charge in [-0.05, 0) is 13.0 Å². The van der Waals surface area contributed by atoms with Crippen molar-refractivity contribution in [1.82, 2.24) is 9.78 Å². The number of nitrogens with zero attached hydrogens (tertiary/aromatic N) is 2. The van der Waals surface area contributed by atoms with Crippen LogP contribution in [0.5, 0.6) is 5.75 Å². The van der Waals surface area contributed by atoms with Gasteiger partial charge < -0.3 is 9.15 Å². The first-order valence-corrected chi connectivity index (χ1v) is 7.22. The van der Waals surface area contributed by atoms with E-state index in [1.807, 2.05) is 27.7 Å². The summed E-state index contributed by atoms with van der Waals surface area (Å²) < 4.78 is 11.7. The normalized spacial score (nSPS) is 11.7. The Morgan fingerprint density at radius 1 is 1.29 bits per heavy atom. The second-order valence-electron chi connectivity index (χ2n) is 5.50. The van der Waals surface area contributed by atoms with Gasteiger partial charge in [0.1, 0.15) is 5.75 Å². The first-order valence-electron chi connectivity index (χ1n) is 6.47. The van der Waals surface area contributed by atoms with E-state index in [0.717, 1.165) is 4.68 Å². The summed E-state index contributed by atoms with van der Waals surface area (Å²) in [7, 11) is 0. The number of benzene rings is 1. The minimum absolute atomic E-state index is 0.291. The summed E-state index contributed by atoms with van der Waals surface area (Å²) in [6.07, 6.45) is 0. The van der Waals surface area contributed by atoms with Crippen molar-refractivity contribution in [2.24, 2.45) is 0 Å². The highest BCUT2D eigenvalue weighted by molar-refractivity contribution is 6.36. The van der Waals surface area contributed by atoms with Crippen molar-refractivity contribution in [1.29, 1.82) is 0 Å². The second-order valence-corrected chi connectivity index (χ2v) is 6.32. The predicted molar refractivity (Wildman–Crippen MR) is 82.0 cm³/mol. The molecule has 0 saturated heterocycles. The summed E-state index contributed by atoms with van der Waals surface area (Å²) in [5, 5.41) is 4.86.